The lowest BCUT2D eigenvalue weighted by atomic mass is 10.3. The molecule has 1 aromatic carbocycles. The van der Waals surface area contributed by atoms with Crippen LogP contribution < -0.4 is 0 Å². The van der Waals surface area contributed by atoms with Gasteiger partial charge in [0.15, 0.2) is 5.82 Å². The predicted molar refractivity (Wildman–Crippen MR) is 64.2 cm³/mol. The third-order valence-electron chi connectivity index (χ3n) is 1.85. The van der Waals surface area contributed by atoms with Gasteiger partial charge in [-0.2, -0.15) is 0 Å². The van der Waals surface area contributed by atoms with Crippen molar-refractivity contribution in [2.45, 2.75) is 0 Å². The zero-order valence-electron chi connectivity index (χ0n) is 8.21. The van der Waals surface area contributed by atoms with Crippen LogP contribution in [0.5, 0.6) is 5.75 Å². The minimum atomic E-state index is 0.0860. The van der Waals surface area contributed by atoms with Crippen LogP contribution in [0, 0.1) is 0 Å². The number of halogens is 1. The highest BCUT2D eigenvalue weighted by Crippen LogP contribution is 2.30. The second-order valence-electron chi connectivity index (χ2n) is 3.02. The summed E-state index contributed by atoms with van der Waals surface area (Å²) in [5.74, 6) is 0.588. The van der Waals surface area contributed by atoms with E-state index in [1.54, 1.807) is 36.5 Å². The molecule has 1 heterocycles. The number of pyridine rings is 1. The summed E-state index contributed by atoms with van der Waals surface area (Å²) < 4.78 is 0.834. The Morgan fingerprint density at radius 1 is 1.12 bits per heavy atom. The molecule has 1 N–H and O–H groups in total. The smallest absolute Gasteiger partial charge is 0.174 e. The number of hydrogen-bond acceptors (Lipinski definition) is 4. The van der Waals surface area contributed by atoms with Crippen LogP contribution in [-0.2, 0) is 0 Å². The van der Waals surface area contributed by atoms with Crippen molar-refractivity contribution in [2.24, 2.45) is 10.2 Å². The molecule has 0 spiro atoms. The molecule has 0 amide bonds. The van der Waals surface area contributed by atoms with E-state index in [4.69, 9.17) is 0 Å². The van der Waals surface area contributed by atoms with Crippen LogP contribution in [0.15, 0.2) is 57.3 Å². The van der Waals surface area contributed by atoms with Gasteiger partial charge >= 0.3 is 0 Å². The molecule has 0 fully saturated rings. The lowest BCUT2D eigenvalue weighted by Gasteiger charge is -1.97. The van der Waals surface area contributed by atoms with Crippen LogP contribution in [0.2, 0.25) is 0 Å². The first-order valence-electron chi connectivity index (χ1n) is 4.57. The third-order valence-corrected chi connectivity index (χ3v) is 2.34. The van der Waals surface area contributed by atoms with Gasteiger partial charge in [0, 0.05) is 10.7 Å². The Hall–Kier alpha value is -1.75. The molecule has 0 saturated heterocycles. The highest BCUT2D eigenvalue weighted by molar-refractivity contribution is 9.10. The first-order chi connectivity index (χ1) is 7.75. The number of aromatic nitrogens is 1. The molecule has 0 bridgehead atoms. The number of phenols is 1. The summed E-state index contributed by atoms with van der Waals surface area (Å²) in [6.45, 7) is 0. The summed E-state index contributed by atoms with van der Waals surface area (Å²) in [6.07, 6.45) is 1.63. The maximum Gasteiger partial charge on any atom is 0.174 e. The van der Waals surface area contributed by atoms with Crippen molar-refractivity contribution in [1.82, 2.24) is 4.98 Å². The fourth-order valence-corrected chi connectivity index (χ4v) is 1.44. The quantitative estimate of drug-likeness (QED) is 0.845. The van der Waals surface area contributed by atoms with Crippen LogP contribution in [0.1, 0.15) is 0 Å². The molecular weight excluding hydrogens is 270 g/mol. The van der Waals surface area contributed by atoms with E-state index in [1.165, 1.54) is 0 Å². The maximum absolute atomic E-state index is 9.52. The van der Waals surface area contributed by atoms with Crippen molar-refractivity contribution in [3.8, 4) is 5.75 Å². The molecule has 2 rings (SSSR count). The molecule has 5 heteroatoms. The topological polar surface area (TPSA) is 57.8 Å². The van der Waals surface area contributed by atoms with E-state index < -0.39 is 0 Å². The lowest BCUT2D eigenvalue weighted by molar-refractivity contribution is 0.476. The summed E-state index contributed by atoms with van der Waals surface area (Å²) in [6, 6.07) is 10.3. The Balaban J connectivity index is 2.27. The largest absolute Gasteiger partial charge is 0.506 e. The SMILES string of the molecule is Oc1ccc(Br)cc1N=Nc1ccccn1. The van der Waals surface area contributed by atoms with Crippen molar-refractivity contribution >= 4 is 27.4 Å². The molecule has 0 radical (unpaired) electrons. The maximum atomic E-state index is 9.52. The number of aromatic hydroxyl groups is 1. The standard InChI is InChI=1S/C11H8BrN3O/c12-8-4-5-10(16)9(7-8)14-15-11-3-1-2-6-13-11/h1-7,16H. The van der Waals surface area contributed by atoms with E-state index in [-0.39, 0.29) is 5.75 Å². The van der Waals surface area contributed by atoms with Crippen molar-refractivity contribution in [2.75, 3.05) is 0 Å². The Bertz CT molecular complexity index is 514. The van der Waals surface area contributed by atoms with Gasteiger partial charge in [-0.1, -0.05) is 22.0 Å². The van der Waals surface area contributed by atoms with E-state index in [0.29, 0.717) is 11.5 Å². The number of phenolic OH excluding ortho intramolecular Hbond substituents is 1. The monoisotopic (exact) mass is 277 g/mol. The van der Waals surface area contributed by atoms with Crippen molar-refractivity contribution in [1.29, 1.82) is 0 Å². The lowest BCUT2D eigenvalue weighted by Crippen LogP contribution is -1.71. The van der Waals surface area contributed by atoms with E-state index in [9.17, 15) is 5.11 Å². The van der Waals surface area contributed by atoms with Crippen LogP contribution in [0.4, 0.5) is 11.5 Å². The highest BCUT2D eigenvalue weighted by atomic mass is 79.9. The normalized spacial score (nSPS) is 10.8. The first-order valence-corrected chi connectivity index (χ1v) is 5.36. The molecule has 0 aliphatic heterocycles. The van der Waals surface area contributed by atoms with Gasteiger partial charge in [-0.05, 0) is 30.3 Å². The minimum Gasteiger partial charge on any atom is -0.506 e. The predicted octanol–water partition coefficient (Wildman–Crippen LogP) is 3.97. The molecule has 0 atom stereocenters. The molecule has 0 saturated carbocycles. The second-order valence-corrected chi connectivity index (χ2v) is 3.94. The summed E-state index contributed by atoms with van der Waals surface area (Å²) in [7, 11) is 0. The Morgan fingerprint density at radius 2 is 2.00 bits per heavy atom. The zero-order valence-corrected chi connectivity index (χ0v) is 9.79. The molecule has 0 aliphatic rings. The van der Waals surface area contributed by atoms with Crippen molar-refractivity contribution in [3.63, 3.8) is 0 Å². The van der Waals surface area contributed by atoms with Gasteiger partial charge < -0.3 is 5.11 Å². The average Bonchev–Trinajstić information content (AvgIpc) is 2.32. The summed E-state index contributed by atoms with van der Waals surface area (Å²) in [5.41, 5.74) is 0.403. The third kappa shape index (κ3) is 2.64. The Labute approximate surface area is 101 Å². The molecule has 2 aromatic rings. The Kier molecular flexibility index (Phi) is 3.26. The van der Waals surface area contributed by atoms with Gasteiger partial charge in [0.1, 0.15) is 11.4 Å². The van der Waals surface area contributed by atoms with E-state index in [0.717, 1.165) is 4.47 Å². The van der Waals surface area contributed by atoms with Crippen LogP contribution in [0.3, 0.4) is 0 Å². The number of nitrogens with zero attached hydrogens (tertiary/aromatic N) is 3. The first kappa shape index (κ1) is 10.8. The minimum absolute atomic E-state index is 0.0860. The molecule has 4 nitrogen and oxygen atoms in total. The zero-order chi connectivity index (χ0) is 11.4. The van der Waals surface area contributed by atoms with Gasteiger partial charge in [0.2, 0.25) is 0 Å². The highest BCUT2D eigenvalue weighted by Gasteiger charge is 1.99. The van der Waals surface area contributed by atoms with Crippen LogP contribution in [0.25, 0.3) is 0 Å². The van der Waals surface area contributed by atoms with Crippen LogP contribution >= 0.6 is 15.9 Å². The summed E-state index contributed by atoms with van der Waals surface area (Å²) >= 11 is 3.29. The molecular formula is C11H8BrN3O. The average molecular weight is 278 g/mol. The number of benzene rings is 1. The molecule has 0 unspecified atom stereocenters. The Morgan fingerprint density at radius 3 is 2.75 bits per heavy atom. The summed E-state index contributed by atoms with van der Waals surface area (Å²) in [5, 5.41) is 17.3. The van der Waals surface area contributed by atoms with Gasteiger partial charge in [0.05, 0.1) is 0 Å². The number of rotatable bonds is 2. The van der Waals surface area contributed by atoms with Crippen LogP contribution in [-0.4, -0.2) is 10.1 Å². The van der Waals surface area contributed by atoms with Gasteiger partial charge in [-0.25, -0.2) is 4.98 Å². The fraction of sp³-hybridized carbons (Fsp3) is 0. The molecule has 1 aromatic heterocycles. The summed E-state index contributed by atoms with van der Waals surface area (Å²) in [4.78, 5) is 3.99. The van der Waals surface area contributed by atoms with Gasteiger partial charge in [-0.15, -0.1) is 10.2 Å². The molecule has 80 valence electrons. The molecule has 16 heavy (non-hydrogen) atoms. The van der Waals surface area contributed by atoms with Gasteiger partial charge in [-0.3, -0.25) is 0 Å². The van der Waals surface area contributed by atoms with E-state index >= 15 is 0 Å². The number of hydrogen-bond donors (Lipinski definition) is 1. The van der Waals surface area contributed by atoms with E-state index in [1.807, 2.05) is 6.07 Å². The molecule has 0 aliphatic carbocycles. The second kappa shape index (κ2) is 4.85. The van der Waals surface area contributed by atoms with Crippen molar-refractivity contribution < 1.29 is 5.11 Å². The number of azo groups is 1. The fourth-order valence-electron chi connectivity index (χ4n) is 1.09. The van der Waals surface area contributed by atoms with E-state index in [2.05, 4.69) is 31.1 Å². The van der Waals surface area contributed by atoms with Crippen molar-refractivity contribution in [3.05, 3.63) is 47.1 Å². The van der Waals surface area contributed by atoms with Gasteiger partial charge in [0.25, 0.3) is 0 Å².